The average Bonchev–Trinajstić information content (AvgIpc) is 3.44. The Bertz CT molecular complexity index is 786. The van der Waals surface area contributed by atoms with Crippen molar-refractivity contribution in [3.8, 4) is 6.07 Å². The second-order valence-corrected chi connectivity index (χ2v) is 6.81. The summed E-state index contributed by atoms with van der Waals surface area (Å²) in [5.41, 5.74) is 0.438. The zero-order chi connectivity index (χ0) is 17.2. The molecule has 0 saturated heterocycles. The molecule has 0 aromatic heterocycles. The molecule has 1 amide bonds. The maximum absolute atomic E-state index is 12.2. The molecule has 2 aromatic rings. The van der Waals surface area contributed by atoms with Crippen LogP contribution >= 0.6 is 0 Å². The van der Waals surface area contributed by atoms with Crippen molar-refractivity contribution in [1.82, 2.24) is 10.6 Å². The van der Waals surface area contributed by atoms with Crippen LogP contribution in [0.5, 0.6) is 0 Å². The molecule has 1 fully saturated rings. The predicted molar refractivity (Wildman–Crippen MR) is 95.3 cm³/mol. The summed E-state index contributed by atoms with van der Waals surface area (Å²) in [5.74, 6) is 0.167. The fourth-order valence-electron chi connectivity index (χ4n) is 3.20. The molecule has 0 radical (unpaired) electrons. The molecule has 124 valence electrons. The van der Waals surface area contributed by atoms with Gasteiger partial charge in [-0.3, -0.25) is 4.79 Å². The minimum atomic E-state index is -0.735. The Morgan fingerprint density at radius 1 is 1.29 bits per heavy atom. The number of benzene rings is 2. The molecule has 1 aliphatic carbocycles. The van der Waals surface area contributed by atoms with Crippen molar-refractivity contribution >= 4 is 16.7 Å². The lowest BCUT2D eigenvalue weighted by Gasteiger charge is -2.24. The normalized spacial score (nSPS) is 17.7. The molecular formula is C20H23N3O. The largest absolute Gasteiger partial charge is 0.337 e. The third-order valence-corrected chi connectivity index (χ3v) is 4.88. The Morgan fingerprint density at radius 3 is 2.71 bits per heavy atom. The second-order valence-electron chi connectivity index (χ2n) is 6.81. The summed E-state index contributed by atoms with van der Waals surface area (Å²) < 4.78 is 0. The van der Waals surface area contributed by atoms with Crippen LogP contribution in [0.1, 0.15) is 38.3 Å². The van der Waals surface area contributed by atoms with E-state index in [1.165, 1.54) is 16.3 Å². The Kier molecular flexibility index (Phi) is 4.55. The lowest BCUT2D eigenvalue weighted by molar-refractivity contribution is -0.121. The number of hydrogen-bond acceptors (Lipinski definition) is 3. The van der Waals surface area contributed by atoms with E-state index in [1.807, 2.05) is 25.1 Å². The molecule has 2 N–H and O–H groups in total. The molecule has 2 atom stereocenters. The van der Waals surface area contributed by atoms with Crippen LogP contribution in [0.25, 0.3) is 10.8 Å². The van der Waals surface area contributed by atoms with E-state index in [9.17, 15) is 10.1 Å². The van der Waals surface area contributed by atoms with Gasteiger partial charge in [0, 0.05) is 6.04 Å². The van der Waals surface area contributed by atoms with Crippen molar-refractivity contribution in [2.45, 2.75) is 38.3 Å². The van der Waals surface area contributed by atoms with Crippen molar-refractivity contribution in [2.75, 3.05) is 6.54 Å². The van der Waals surface area contributed by atoms with Gasteiger partial charge in [0.1, 0.15) is 5.54 Å². The molecule has 24 heavy (non-hydrogen) atoms. The van der Waals surface area contributed by atoms with E-state index in [4.69, 9.17) is 0 Å². The van der Waals surface area contributed by atoms with Crippen LogP contribution in [0.15, 0.2) is 42.5 Å². The third kappa shape index (κ3) is 3.42. The van der Waals surface area contributed by atoms with E-state index in [0.717, 1.165) is 12.8 Å². The van der Waals surface area contributed by atoms with Crippen molar-refractivity contribution in [3.05, 3.63) is 48.0 Å². The summed E-state index contributed by atoms with van der Waals surface area (Å²) in [7, 11) is 0. The predicted octanol–water partition coefficient (Wildman–Crippen LogP) is 3.30. The molecule has 4 nitrogen and oxygen atoms in total. The van der Waals surface area contributed by atoms with Crippen LogP contribution in [-0.2, 0) is 4.79 Å². The Balaban J connectivity index is 1.63. The fraction of sp³-hybridized carbons (Fsp3) is 0.400. The summed E-state index contributed by atoms with van der Waals surface area (Å²) in [6, 6.07) is 16.8. The minimum absolute atomic E-state index is 0.0520. The molecule has 0 spiro atoms. The SMILES string of the molecule is C[C@H](NCC(=O)N[C@@](C)(C#N)C1CC1)c1cccc2ccccc12. The molecule has 0 aliphatic heterocycles. The topological polar surface area (TPSA) is 64.9 Å². The quantitative estimate of drug-likeness (QED) is 0.858. The number of carbonyl (C=O) groups excluding carboxylic acids is 1. The molecule has 1 aliphatic rings. The lowest BCUT2D eigenvalue weighted by atomic mass is 9.98. The van der Waals surface area contributed by atoms with Gasteiger partial charge in [0.25, 0.3) is 0 Å². The number of nitrogens with one attached hydrogen (secondary N) is 2. The summed E-state index contributed by atoms with van der Waals surface area (Å²) >= 11 is 0. The van der Waals surface area contributed by atoms with Crippen molar-refractivity contribution in [3.63, 3.8) is 0 Å². The van der Waals surface area contributed by atoms with E-state index >= 15 is 0 Å². The number of fused-ring (bicyclic) bond motifs is 1. The monoisotopic (exact) mass is 321 g/mol. The maximum atomic E-state index is 12.2. The van der Waals surface area contributed by atoms with Crippen molar-refractivity contribution in [1.29, 1.82) is 5.26 Å². The maximum Gasteiger partial charge on any atom is 0.235 e. The number of carbonyl (C=O) groups is 1. The molecule has 2 aromatic carbocycles. The summed E-state index contributed by atoms with van der Waals surface area (Å²) in [6.45, 7) is 4.07. The van der Waals surface area contributed by atoms with Crippen LogP contribution in [-0.4, -0.2) is 18.0 Å². The van der Waals surface area contributed by atoms with Gasteiger partial charge in [-0.25, -0.2) is 0 Å². The van der Waals surface area contributed by atoms with Crippen LogP contribution in [0, 0.1) is 17.2 Å². The van der Waals surface area contributed by atoms with Gasteiger partial charge in [-0.05, 0) is 48.9 Å². The van der Waals surface area contributed by atoms with E-state index in [1.54, 1.807) is 0 Å². The minimum Gasteiger partial charge on any atom is -0.337 e. The average molecular weight is 321 g/mol. The van der Waals surface area contributed by atoms with Crippen LogP contribution < -0.4 is 10.6 Å². The van der Waals surface area contributed by atoms with E-state index in [0.29, 0.717) is 5.92 Å². The Labute approximate surface area is 142 Å². The standard InChI is InChI=1S/C20H23N3O/c1-14(17-9-5-7-15-6-3-4-8-18(15)17)22-12-19(24)23-20(2,13-21)16-10-11-16/h3-9,14,16,22H,10-12H2,1-2H3,(H,23,24)/t14-,20-/m0/s1. The van der Waals surface area contributed by atoms with Gasteiger partial charge in [-0.1, -0.05) is 42.5 Å². The van der Waals surface area contributed by atoms with E-state index in [2.05, 4.69) is 47.9 Å². The molecular weight excluding hydrogens is 298 g/mol. The summed E-state index contributed by atoms with van der Waals surface area (Å²) in [4.78, 5) is 12.2. The van der Waals surface area contributed by atoms with E-state index < -0.39 is 5.54 Å². The fourth-order valence-corrected chi connectivity index (χ4v) is 3.20. The highest BCUT2D eigenvalue weighted by molar-refractivity contribution is 5.86. The Morgan fingerprint density at radius 2 is 2.00 bits per heavy atom. The lowest BCUT2D eigenvalue weighted by Crippen LogP contribution is -2.49. The first kappa shape index (κ1) is 16.5. The van der Waals surface area contributed by atoms with Crippen LogP contribution in [0.4, 0.5) is 0 Å². The molecule has 0 bridgehead atoms. The zero-order valence-electron chi connectivity index (χ0n) is 14.2. The second kappa shape index (κ2) is 6.62. The van der Waals surface area contributed by atoms with Gasteiger partial charge in [0.15, 0.2) is 0 Å². The van der Waals surface area contributed by atoms with Gasteiger partial charge < -0.3 is 10.6 Å². The first-order valence-electron chi connectivity index (χ1n) is 8.47. The van der Waals surface area contributed by atoms with Gasteiger partial charge in [-0.15, -0.1) is 0 Å². The van der Waals surface area contributed by atoms with Crippen molar-refractivity contribution in [2.24, 2.45) is 5.92 Å². The zero-order valence-corrected chi connectivity index (χ0v) is 14.2. The highest BCUT2D eigenvalue weighted by Gasteiger charge is 2.42. The molecule has 4 heteroatoms. The van der Waals surface area contributed by atoms with E-state index in [-0.39, 0.29) is 18.5 Å². The first-order chi connectivity index (χ1) is 11.5. The highest BCUT2D eigenvalue weighted by atomic mass is 16.2. The molecule has 0 heterocycles. The number of hydrogen-bond donors (Lipinski definition) is 2. The number of rotatable bonds is 6. The Hall–Kier alpha value is -2.38. The van der Waals surface area contributed by atoms with Crippen LogP contribution in [0.3, 0.4) is 0 Å². The number of nitrogens with zero attached hydrogens (tertiary/aromatic N) is 1. The van der Waals surface area contributed by atoms with Gasteiger partial charge in [-0.2, -0.15) is 5.26 Å². The number of amides is 1. The molecule has 3 rings (SSSR count). The molecule has 0 unspecified atom stereocenters. The smallest absolute Gasteiger partial charge is 0.235 e. The van der Waals surface area contributed by atoms with Gasteiger partial charge in [0.05, 0.1) is 12.6 Å². The highest BCUT2D eigenvalue weighted by Crippen LogP contribution is 2.39. The third-order valence-electron chi connectivity index (χ3n) is 4.88. The number of nitriles is 1. The first-order valence-corrected chi connectivity index (χ1v) is 8.47. The molecule has 1 saturated carbocycles. The van der Waals surface area contributed by atoms with Gasteiger partial charge >= 0.3 is 0 Å². The summed E-state index contributed by atoms with van der Waals surface area (Å²) in [5, 5.41) is 17.9. The van der Waals surface area contributed by atoms with Gasteiger partial charge in [0.2, 0.25) is 5.91 Å². The van der Waals surface area contributed by atoms with Crippen molar-refractivity contribution < 1.29 is 4.79 Å². The van der Waals surface area contributed by atoms with Crippen LogP contribution in [0.2, 0.25) is 0 Å². The summed E-state index contributed by atoms with van der Waals surface area (Å²) in [6.07, 6.45) is 2.04.